The average molecular weight is 395 g/mol. The number of nitrogens with zero attached hydrogens (tertiary/aromatic N) is 1. The van der Waals surface area contributed by atoms with Crippen molar-refractivity contribution in [3.63, 3.8) is 0 Å². The van der Waals surface area contributed by atoms with Gasteiger partial charge in [-0.05, 0) is 17.7 Å². The molecule has 0 spiro atoms. The zero-order valence-electron chi connectivity index (χ0n) is 12.2. The van der Waals surface area contributed by atoms with Crippen LogP contribution in [0.3, 0.4) is 0 Å². The van der Waals surface area contributed by atoms with Crippen molar-refractivity contribution in [2.45, 2.75) is 17.6 Å². The predicted molar refractivity (Wildman–Crippen MR) is 83.6 cm³/mol. The smallest absolute Gasteiger partial charge is 0.258 e. The van der Waals surface area contributed by atoms with Gasteiger partial charge >= 0.3 is 6.18 Å². The molecule has 0 aromatic heterocycles. The van der Waals surface area contributed by atoms with Crippen molar-refractivity contribution < 1.29 is 26.5 Å². The summed E-state index contributed by atoms with van der Waals surface area (Å²) in [7, 11) is -4.26. The number of hydrogen-bond donors (Lipinski definition) is 1. The molecule has 0 aliphatic carbocycles. The highest BCUT2D eigenvalue weighted by molar-refractivity contribution is 7.89. The second-order valence-corrected chi connectivity index (χ2v) is 7.04. The third-order valence-electron chi connectivity index (χ3n) is 3.14. The van der Waals surface area contributed by atoms with Crippen LogP contribution in [0.25, 0.3) is 0 Å². The Morgan fingerprint density at radius 3 is 2.44 bits per heavy atom. The lowest BCUT2D eigenvalue weighted by molar-refractivity contribution is -0.385. The van der Waals surface area contributed by atoms with Crippen LogP contribution >= 0.6 is 11.6 Å². The monoisotopic (exact) mass is 394 g/mol. The standard InChI is InChI=1S/C14H10ClF3N2O4S/c15-12-5-4-11(20(21)22)7-13(12)25(23,24)19-8-9-2-1-3-10(6-9)14(16,17)18/h1-7,19H,8H2. The molecule has 0 aliphatic heterocycles. The lowest BCUT2D eigenvalue weighted by Crippen LogP contribution is -2.24. The van der Waals surface area contributed by atoms with Crippen LogP contribution in [0, 0.1) is 10.1 Å². The van der Waals surface area contributed by atoms with Gasteiger partial charge in [0.05, 0.1) is 15.5 Å². The van der Waals surface area contributed by atoms with Gasteiger partial charge in [0.25, 0.3) is 5.69 Å². The first-order chi connectivity index (χ1) is 11.5. The molecule has 0 radical (unpaired) electrons. The van der Waals surface area contributed by atoms with Gasteiger partial charge in [-0.3, -0.25) is 10.1 Å². The number of nitro benzene ring substituents is 1. The zero-order chi connectivity index (χ0) is 18.8. The first-order valence-electron chi connectivity index (χ1n) is 6.60. The largest absolute Gasteiger partial charge is 0.416 e. The van der Waals surface area contributed by atoms with Gasteiger partial charge < -0.3 is 0 Å². The summed E-state index contributed by atoms with van der Waals surface area (Å²) >= 11 is 5.76. The van der Waals surface area contributed by atoms with Crippen molar-refractivity contribution in [2.24, 2.45) is 0 Å². The average Bonchev–Trinajstić information content (AvgIpc) is 2.52. The second-order valence-electron chi connectivity index (χ2n) is 4.89. The lowest BCUT2D eigenvalue weighted by Gasteiger charge is -2.11. The molecule has 1 N–H and O–H groups in total. The molecular weight excluding hydrogens is 385 g/mol. The van der Waals surface area contributed by atoms with Crippen molar-refractivity contribution in [3.05, 3.63) is 68.7 Å². The molecule has 0 unspecified atom stereocenters. The Hall–Kier alpha value is -2.17. The SMILES string of the molecule is O=[N+]([O-])c1ccc(Cl)c(S(=O)(=O)NCc2cccc(C(F)(F)F)c2)c1. The van der Waals surface area contributed by atoms with Gasteiger partial charge in [0, 0.05) is 18.7 Å². The van der Waals surface area contributed by atoms with Gasteiger partial charge in [0.2, 0.25) is 10.0 Å². The normalized spacial score (nSPS) is 12.2. The van der Waals surface area contributed by atoms with Gasteiger partial charge in [-0.2, -0.15) is 13.2 Å². The summed E-state index contributed by atoms with van der Waals surface area (Å²) in [6.45, 7) is -0.439. The summed E-state index contributed by atoms with van der Waals surface area (Å²) in [4.78, 5) is 9.42. The molecule has 0 atom stereocenters. The van der Waals surface area contributed by atoms with Gasteiger partial charge in [0.1, 0.15) is 4.90 Å². The van der Waals surface area contributed by atoms with E-state index in [0.717, 1.165) is 36.4 Å². The molecule has 0 bridgehead atoms. The molecule has 0 saturated carbocycles. The Balaban J connectivity index is 2.26. The number of hydrogen-bond acceptors (Lipinski definition) is 4. The van der Waals surface area contributed by atoms with Crippen molar-refractivity contribution in [3.8, 4) is 0 Å². The fraction of sp³-hybridized carbons (Fsp3) is 0.143. The van der Waals surface area contributed by atoms with Crippen LogP contribution < -0.4 is 4.72 Å². The van der Waals surface area contributed by atoms with Crippen LogP contribution in [0.5, 0.6) is 0 Å². The molecule has 6 nitrogen and oxygen atoms in total. The first kappa shape index (κ1) is 19.2. The summed E-state index contributed by atoms with van der Waals surface area (Å²) < 4.78 is 64.5. The number of benzene rings is 2. The molecule has 0 amide bonds. The molecule has 0 heterocycles. The van der Waals surface area contributed by atoms with Crippen molar-refractivity contribution in [1.29, 1.82) is 0 Å². The summed E-state index contributed by atoms with van der Waals surface area (Å²) in [6.07, 6.45) is -4.56. The van der Waals surface area contributed by atoms with Crippen molar-refractivity contribution in [2.75, 3.05) is 0 Å². The van der Waals surface area contributed by atoms with E-state index in [-0.39, 0.29) is 10.6 Å². The Kier molecular flexibility index (Phi) is 5.35. The fourth-order valence-corrected chi connectivity index (χ4v) is 3.46. The Labute approximate surface area is 145 Å². The summed E-state index contributed by atoms with van der Waals surface area (Å²) in [5.74, 6) is 0. The zero-order valence-corrected chi connectivity index (χ0v) is 13.8. The molecule has 2 aromatic rings. The quantitative estimate of drug-likeness (QED) is 0.618. The van der Waals surface area contributed by atoms with Gasteiger partial charge in [-0.15, -0.1) is 0 Å². The minimum Gasteiger partial charge on any atom is -0.258 e. The van der Waals surface area contributed by atoms with Crippen molar-refractivity contribution >= 4 is 27.3 Å². The Morgan fingerprint density at radius 2 is 1.84 bits per heavy atom. The van der Waals surface area contributed by atoms with E-state index in [2.05, 4.69) is 4.72 Å². The molecule has 0 fully saturated rings. The van der Waals surface area contributed by atoms with Crippen LogP contribution in [0.1, 0.15) is 11.1 Å². The van der Waals surface area contributed by atoms with Crippen LogP contribution in [0.2, 0.25) is 5.02 Å². The molecular formula is C14H10ClF3N2O4S. The highest BCUT2D eigenvalue weighted by atomic mass is 35.5. The van der Waals surface area contributed by atoms with Gasteiger partial charge in [-0.1, -0.05) is 29.8 Å². The van der Waals surface area contributed by atoms with Crippen LogP contribution in [0.15, 0.2) is 47.4 Å². The van der Waals surface area contributed by atoms with E-state index in [1.54, 1.807) is 0 Å². The number of nitrogens with one attached hydrogen (secondary N) is 1. The van der Waals surface area contributed by atoms with E-state index in [0.29, 0.717) is 0 Å². The van der Waals surface area contributed by atoms with E-state index in [1.807, 2.05) is 0 Å². The molecule has 2 rings (SSSR count). The predicted octanol–water partition coefficient (Wildman–Crippen LogP) is 3.75. The number of halogens is 4. The third-order valence-corrected chi connectivity index (χ3v) is 5.02. The van der Waals surface area contributed by atoms with Gasteiger partial charge in [0.15, 0.2) is 0 Å². The minimum atomic E-state index is -4.56. The molecule has 0 saturated heterocycles. The van der Waals surface area contributed by atoms with E-state index >= 15 is 0 Å². The van der Waals surface area contributed by atoms with Gasteiger partial charge in [-0.25, -0.2) is 13.1 Å². The first-order valence-corrected chi connectivity index (χ1v) is 8.46. The Bertz CT molecular complexity index is 917. The third kappa shape index (κ3) is 4.68. The van der Waals surface area contributed by atoms with E-state index < -0.39 is 43.8 Å². The highest BCUT2D eigenvalue weighted by Gasteiger charge is 2.30. The maximum absolute atomic E-state index is 12.7. The van der Waals surface area contributed by atoms with Crippen LogP contribution in [-0.4, -0.2) is 13.3 Å². The minimum absolute atomic E-state index is 0.0694. The molecule has 25 heavy (non-hydrogen) atoms. The van der Waals surface area contributed by atoms with E-state index in [9.17, 15) is 31.7 Å². The maximum Gasteiger partial charge on any atom is 0.416 e. The summed E-state index contributed by atoms with van der Waals surface area (Å²) in [5, 5.41) is 10.5. The number of sulfonamides is 1. The topological polar surface area (TPSA) is 89.3 Å². The van der Waals surface area contributed by atoms with Crippen LogP contribution in [-0.2, 0) is 22.7 Å². The second kappa shape index (κ2) is 6.98. The maximum atomic E-state index is 12.7. The summed E-state index contributed by atoms with van der Waals surface area (Å²) in [6, 6.07) is 6.98. The number of non-ortho nitro benzene ring substituents is 1. The van der Waals surface area contributed by atoms with Crippen molar-refractivity contribution in [1.82, 2.24) is 4.72 Å². The van der Waals surface area contributed by atoms with Crippen LogP contribution in [0.4, 0.5) is 18.9 Å². The van der Waals surface area contributed by atoms with E-state index in [1.165, 1.54) is 6.07 Å². The van der Waals surface area contributed by atoms with E-state index in [4.69, 9.17) is 11.6 Å². The molecule has 0 aliphatic rings. The number of nitro groups is 1. The number of alkyl halides is 3. The fourth-order valence-electron chi connectivity index (χ4n) is 1.93. The molecule has 134 valence electrons. The molecule has 11 heteroatoms. The number of rotatable bonds is 5. The molecule has 2 aromatic carbocycles. The Morgan fingerprint density at radius 1 is 1.16 bits per heavy atom. The lowest BCUT2D eigenvalue weighted by atomic mass is 10.1. The summed E-state index contributed by atoms with van der Waals surface area (Å²) in [5.41, 5.74) is -1.33. The highest BCUT2D eigenvalue weighted by Crippen LogP contribution is 2.30.